The van der Waals surface area contributed by atoms with Gasteiger partial charge in [0.05, 0.1) is 12.0 Å². The van der Waals surface area contributed by atoms with E-state index in [0.29, 0.717) is 16.8 Å². The zero-order valence-corrected chi connectivity index (χ0v) is 21.3. The number of pyridine rings is 1. The second-order valence-corrected chi connectivity index (χ2v) is 12.2. The van der Waals surface area contributed by atoms with Crippen LogP contribution in [0.25, 0.3) is 10.9 Å². The summed E-state index contributed by atoms with van der Waals surface area (Å²) >= 11 is 1.48. The van der Waals surface area contributed by atoms with Crippen molar-refractivity contribution in [2.45, 2.75) is 44.2 Å². The first-order valence-electron chi connectivity index (χ1n) is 10.9. The fraction of sp³-hybridized carbons (Fsp3) is 0.269. The molecule has 0 aliphatic rings. The quantitative estimate of drug-likeness (QED) is 0.377. The molecule has 0 saturated carbocycles. The predicted molar refractivity (Wildman–Crippen MR) is 137 cm³/mol. The highest BCUT2D eigenvalue weighted by Crippen LogP contribution is 2.27. The zero-order valence-electron chi connectivity index (χ0n) is 19.7. The fourth-order valence-electron chi connectivity index (χ4n) is 3.74. The van der Waals surface area contributed by atoms with E-state index in [4.69, 9.17) is 4.74 Å². The number of rotatable bonds is 7. The predicted octanol–water partition coefficient (Wildman–Crippen LogP) is 5.29. The van der Waals surface area contributed by atoms with Crippen molar-refractivity contribution in [2.24, 2.45) is 0 Å². The number of methoxy groups -OCH3 is 1. The topological polar surface area (TPSA) is 79.5 Å². The smallest absolute Gasteiger partial charge is 0.252 e. The average Bonchev–Trinajstić information content (AvgIpc) is 3.31. The number of ether oxygens (including phenoxy) is 1. The Labute approximate surface area is 203 Å². The number of hydrogen-bond donors (Lipinski definition) is 1. The van der Waals surface area contributed by atoms with Gasteiger partial charge in [-0.2, -0.15) is 4.31 Å². The highest BCUT2D eigenvalue weighted by atomic mass is 32.2. The summed E-state index contributed by atoms with van der Waals surface area (Å²) in [7, 11) is -2.28. The monoisotopic (exact) mass is 496 g/mol. The lowest BCUT2D eigenvalue weighted by molar-refractivity contribution is 0.402. The van der Waals surface area contributed by atoms with Gasteiger partial charge in [-0.15, -0.1) is 11.3 Å². The number of fused-ring (bicyclic) bond motifs is 1. The third-order valence-electron chi connectivity index (χ3n) is 5.75. The third-order valence-corrected chi connectivity index (χ3v) is 8.41. The SMILES string of the molecule is COc1ccc2[nH]c(=O)c(CN(Cc3cccs3)S(=O)(=O)c3ccc(C(C)(C)C)cc3)cc2c1. The third kappa shape index (κ3) is 5.09. The summed E-state index contributed by atoms with van der Waals surface area (Å²) in [5.41, 5.74) is 1.69. The Kier molecular flexibility index (Phi) is 6.66. The van der Waals surface area contributed by atoms with Gasteiger partial charge in [0.25, 0.3) is 5.56 Å². The van der Waals surface area contributed by atoms with E-state index < -0.39 is 10.0 Å². The molecule has 34 heavy (non-hydrogen) atoms. The first kappa shape index (κ1) is 24.2. The summed E-state index contributed by atoms with van der Waals surface area (Å²) < 4.78 is 34.0. The maximum absolute atomic E-state index is 13.7. The van der Waals surface area contributed by atoms with Gasteiger partial charge in [0.1, 0.15) is 5.75 Å². The van der Waals surface area contributed by atoms with Crippen LogP contribution in [-0.2, 0) is 28.5 Å². The molecule has 0 aliphatic heterocycles. The number of aromatic amines is 1. The second kappa shape index (κ2) is 9.37. The number of sulfonamides is 1. The summed E-state index contributed by atoms with van der Waals surface area (Å²) in [4.78, 5) is 16.8. The minimum absolute atomic E-state index is 0.0518. The Morgan fingerprint density at radius 2 is 1.74 bits per heavy atom. The number of H-pyrrole nitrogens is 1. The summed E-state index contributed by atoms with van der Waals surface area (Å²) in [6.45, 7) is 6.38. The Morgan fingerprint density at radius 1 is 1.00 bits per heavy atom. The fourth-order valence-corrected chi connectivity index (χ4v) is 5.94. The van der Waals surface area contributed by atoms with Crippen LogP contribution >= 0.6 is 11.3 Å². The van der Waals surface area contributed by atoms with Crippen molar-refractivity contribution in [1.82, 2.24) is 9.29 Å². The van der Waals surface area contributed by atoms with E-state index in [2.05, 4.69) is 25.8 Å². The van der Waals surface area contributed by atoms with Gasteiger partial charge in [0.2, 0.25) is 10.0 Å². The number of benzene rings is 2. The van der Waals surface area contributed by atoms with Crippen LogP contribution in [0.1, 0.15) is 36.8 Å². The van der Waals surface area contributed by atoms with E-state index in [1.807, 2.05) is 35.7 Å². The molecule has 178 valence electrons. The minimum atomic E-state index is -3.86. The van der Waals surface area contributed by atoms with Gasteiger partial charge in [-0.05, 0) is 58.8 Å². The number of thiophene rings is 1. The summed E-state index contributed by atoms with van der Waals surface area (Å²) in [6.07, 6.45) is 0. The molecule has 4 aromatic rings. The van der Waals surface area contributed by atoms with Crippen LogP contribution in [-0.4, -0.2) is 24.8 Å². The van der Waals surface area contributed by atoms with Gasteiger partial charge < -0.3 is 9.72 Å². The minimum Gasteiger partial charge on any atom is -0.497 e. The summed E-state index contributed by atoms with van der Waals surface area (Å²) in [5, 5.41) is 2.69. The van der Waals surface area contributed by atoms with Gasteiger partial charge in [-0.25, -0.2) is 8.42 Å². The van der Waals surface area contributed by atoms with E-state index in [9.17, 15) is 13.2 Å². The normalized spacial score (nSPS) is 12.4. The second-order valence-electron chi connectivity index (χ2n) is 9.20. The molecule has 0 bridgehead atoms. The molecule has 4 rings (SSSR count). The van der Waals surface area contributed by atoms with E-state index in [1.54, 1.807) is 37.4 Å². The Bertz CT molecular complexity index is 1450. The molecule has 0 fully saturated rings. The number of aromatic nitrogens is 1. The molecule has 2 heterocycles. The standard InChI is InChI=1S/C26H28N2O4S2/c1-26(2,3)20-7-10-23(11-8-20)34(30,31)28(17-22-6-5-13-33-22)16-19-14-18-15-21(32-4)9-12-24(18)27-25(19)29/h5-15H,16-17H2,1-4H3,(H,27,29). The highest BCUT2D eigenvalue weighted by Gasteiger charge is 2.27. The van der Waals surface area contributed by atoms with Crippen LogP contribution in [0.3, 0.4) is 0 Å². The van der Waals surface area contributed by atoms with Crippen LogP contribution in [0.2, 0.25) is 0 Å². The molecule has 0 radical (unpaired) electrons. The number of hydrogen-bond acceptors (Lipinski definition) is 5. The molecule has 0 spiro atoms. The van der Waals surface area contributed by atoms with Crippen molar-refractivity contribution in [3.8, 4) is 5.75 Å². The number of nitrogens with one attached hydrogen (secondary N) is 1. The Morgan fingerprint density at radius 3 is 2.35 bits per heavy atom. The van der Waals surface area contributed by atoms with Crippen molar-refractivity contribution in [1.29, 1.82) is 0 Å². The van der Waals surface area contributed by atoms with E-state index in [-0.39, 0.29) is 29.0 Å². The van der Waals surface area contributed by atoms with Crippen molar-refractivity contribution in [2.75, 3.05) is 7.11 Å². The molecule has 0 saturated heterocycles. The maximum atomic E-state index is 13.7. The molecule has 6 nitrogen and oxygen atoms in total. The molecule has 2 aromatic heterocycles. The van der Waals surface area contributed by atoms with Crippen molar-refractivity contribution in [3.63, 3.8) is 0 Å². The first-order valence-corrected chi connectivity index (χ1v) is 13.2. The van der Waals surface area contributed by atoms with E-state index >= 15 is 0 Å². The Balaban J connectivity index is 1.74. The van der Waals surface area contributed by atoms with Crippen LogP contribution in [0.5, 0.6) is 5.75 Å². The average molecular weight is 497 g/mol. The summed E-state index contributed by atoms with van der Waals surface area (Å²) in [5.74, 6) is 0.660. The molecule has 0 amide bonds. The molecule has 0 aliphatic carbocycles. The lowest BCUT2D eigenvalue weighted by Crippen LogP contribution is -2.32. The Hall–Kier alpha value is -2.94. The van der Waals surface area contributed by atoms with Crippen LogP contribution in [0.4, 0.5) is 0 Å². The van der Waals surface area contributed by atoms with Crippen LogP contribution in [0, 0.1) is 0 Å². The van der Waals surface area contributed by atoms with Crippen molar-refractivity contribution in [3.05, 3.63) is 92.4 Å². The van der Waals surface area contributed by atoms with E-state index in [0.717, 1.165) is 15.8 Å². The lowest BCUT2D eigenvalue weighted by Gasteiger charge is -2.23. The molecule has 0 unspecified atom stereocenters. The van der Waals surface area contributed by atoms with Gasteiger partial charge >= 0.3 is 0 Å². The molecular formula is C26H28N2O4S2. The lowest BCUT2D eigenvalue weighted by atomic mass is 9.87. The molecule has 2 aromatic carbocycles. The highest BCUT2D eigenvalue weighted by molar-refractivity contribution is 7.89. The largest absolute Gasteiger partial charge is 0.497 e. The van der Waals surface area contributed by atoms with Crippen molar-refractivity contribution < 1.29 is 13.2 Å². The van der Waals surface area contributed by atoms with Gasteiger partial charge in [0.15, 0.2) is 0 Å². The molecule has 0 atom stereocenters. The maximum Gasteiger partial charge on any atom is 0.252 e. The van der Waals surface area contributed by atoms with Gasteiger partial charge in [-0.3, -0.25) is 4.79 Å². The summed E-state index contributed by atoms with van der Waals surface area (Å²) in [6, 6.07) is 17.9. The van der Waals surface area contributed by atoms with E-state index in [1.165, 1.54) is 15.6 Å². The van der Waals surface area contributed by atoms with Crippen LogP contribution in [0.15, 0.2) is 75.7 Å². The first-order chi connectivity index (χ1) is 16.1. The molecule has 1 N–H and O–H groups in total. The zero-order chi connectivity index (χ0) is 24.5. The molecular weight excluding hydrogens is 468 g/mol. The van der Waals surface area contributed by atoms with Crippen LogP contribution < -0.4 is 10.3 Å². The van der Waals surface area contributed by atoms with Gasteiger partial charge in [0, 0.05) is 34.4 Å². The van der Waals surface area contributed by atoms with Gasteiger partial charge in [-0.1, -0.05) is 39.0 Å². The number of nitrogens with zero attached hydrogens (tertiary/aromatic N) is 1. The molecule has 8 heteroatoms. The van der Waals surface area contributed by atoms with Crippen molar-refractivity contribution >= 4 is 32.3 Å².